The van der Waals surface area contributed by atoms with Crippen molar-refractivity contribution in [2.45, 2.75) is 39.1 Å². The van der Waals surface area contributed by atoms with Crippen LogP contribution in [0.15, 0.2) is 29.2 Å². The van der Waals surface area contributed by atoms with Gasteiger partial charge < -0.3 is 10.6 Å². The van der Waals surface area contributed by atoms with E-state index in [4.69, 9.17) is 0 Å². The highest BCUT2D eigenvalue weighted by atomic mass is 32.2. The largest absolute Gasteiger partial charge is 0.338 e. The molecule has 23 heavy (non-hydrogen) atoms. The highest BCUT2D eigenvalue weighted by Crippen LogP contribution is 2.16. The zero-order valence-corrected chi connectivity index (χ0v) is 15.1. The number of carbonyl (C=O) groups excluding carboxylic acids is 1. The zero-order chi connectivity index (χ0) is 17.5. The minimum atomic E-state index is -3.43. The summed E-state index contributed by atoms with van der Waals surface area (Å²) in [6.07, 6.45) is 0. The molecule has 0 radical (unpaired) electrons. The van der Waals surface area contributed by atoms with Gasteiger partial charge in [0, 0.05) is 26.2 Å². The molecule has 0 saturated heterocycles. The summed E-state index contributed by atoms with van der Waals surface area (Å²) in [5.41, 5.74) is 0.850. The Morgan fingerprint density at radius 1 is 1.09 bits per heavy atom. The number of carbonyl (C=O) groups is 1. The average molecular weight is 341 g/mol. The van der Waals surface area contributed by atoms with Crippen LogP contribution in [0.25, 0.3) is 0 Å². The number of benzene rings is 1. The minimum Gasteiger partial charge on any atom is -0.338 e. The summed E-state index contributed by atoms with van der Waals surface area (Å²) < 4.78 is 26.2. The molecule has 1 aromatic rings. The monoisotopic (exact) mass is 341 g/mol. The zero-order valence-electron chi connectivity index (χ0n) is 14.3. The Bertz CT molecular complexity index is 594. The predicted octanol–water partition coefficient (Wildman–Crippen LogP) is 2.17. The molecule has 0 aliphatic rings. The third kappa shape index (κ3) is 5.84. The molecule has 0 bridgehead atoms. The van der Waals surface area contributed by atoms with E-state index in [0.29, 0.717) is 32.1 Å². The van der Waals surface area contributed by atoms with Crippen LogP contribution in [0.5, 0.6) is 0 Å². The molecule has 0 aliphatic carbocycles. The van der Waals surface area contributed by atoms with Gasteiger partial charge in [0.15, 0.2) is 0 Å². The molecule has 2 amide bonds. The molecule has 130 valence electrons. The second-order valence-electron chi connectivity index (χ2n) is 5.69. The number of urea groups is 1. The Balaban J connectivity index is 2.65. The molecule has 2 N–H and O–H groups in total. The quantitative estimate of drug-likeness (QED) is 0.760. The first kappa shape index (κ1) is 19.4. The molecular weight excluding hydrogens is 314 g/mol. The fourth-order valence-corrected chi connectivity index (χ4v) is 3.49. The topological polar surface area (TPSA) is 78.5 Å². The van der Waals surface area contributed by atoms with E-state index >= 15 is 0 Å². The highest BCUT2D eigenvalue weighted by molar-refractivity contribution is 7.89. The first-order valence-corrected chi connectivity index (χ1v) is 9.36. The van der Waals surface area contributed by atoms with Crippen molar-refractivity contribution in [3.05, 3.63) is 29.8 Å². The van der Waals surface area contributed by atoms with Gasteiger partial charge in [-0.05, 0) is 23.6 Å². The van der Waals surface area contributed by atoms with Crippen LogP contribution in [0.1, 0.15) is 33.3 Å². The Labute approximate surface area is 139 Å². The molecule has 0 heterocycles. The summed E-state index contributed by atoms with van der Waals surface area (Å²) in [5, 5.41) is 5.51. The number of sulfonamides is 1. The second-order valence-corrected chi connectivity index (χ2v) is 7.63. The van der Waals surface area contributed by atoms with E-state index in [9.17, 15) is 13.2 Å². The van der Waals surface area contributed by atoms with Gasteiger partial charge in [-0.25, -0.2) is 13.2 Å². The smallest absolute Gasteiger partial charge is 0.315 e. The van der Waals surface area contributed by atoms with E-state index in [2.05, 4.69) is 10.6 Å². The number of hydrogen-bond acceptors (Lipinski definition) is 3. The van der Waals surface area contributed by atoms with Crippen LogP contribution in [-0.4, -0.2) is 38.4 Å². The normalized spacial score (nSPS) is 11.7. The molecule has 6 nitrogen and oxygen atoms in total. The van der Waals surface area contributed by atoms with Gasteiger partial charge in [0.05, 0.1) is 4.90 Å². The molecule has 1 rings (SSSR count). The van der Waals surface area contributed by atoms with Crippen LogP contribution in [0.3, 0.4) is 0 Å². The molecule has 0 spiro atoms. The maximum atomic E-state index is 12.4. The number of amides is 2. The summed E-state index contributed by atoms with van der Waals surface area (Å²) in [7, 11) is -3.43. The minimum absolute atomic E-state index is 0.224. The summed E-state index contributed by atoms with van der Waals surface area (Å²) in [6.45, 7) is 9.54. The Morgan fingerprint density at radius 2 is 1.65 bits per heavy atom. The third-order valence-electron chi connectivity index (χ3n) is 3.39. The van der Waals surface area contributed by atoms with Crippen LogP contribution in [0.4, 0.5) is 4.79 Å². The van der Waals surface area contributed by atoms with Crippen LogP contribution in [-0.2, 0) is 16.6 Å². The summed E-state index contributed by atoms with van der Waals surface area (Å²) in [4.78, 5) is 11.9. The second kappa shape index (κ2) is 8.88. The van der Waals surface area contributed by atoms with Crippen molar-refractivity contribution in [1.29, 1.82) is 0 Å². The van der Waals surface area contributed by atoms with Gasteiger partial charge in [-0.2, -0.15) is 4.31 Å². The van der Waals surface area contributed by atoms with Crippen molar-refractivity contribution in [3.8, 4) is 0 Å². The lowest BCUT2D eigenvalue weighted by Crippen LogP contribution is -2.37. The molecule has 0 aliphatic heterocycles. The van der Waals surface area contributed by atoms with Crippen molar-refractivity contribution in [2.24, 2.45) is 5.92 Å². The number of rotatable bonds is 8. The van der Waals surface area contributed by atoms with Crippen molar-refractivity contribution in [1.82, 2.24) is 14.9 Å². The SMILES string of the molecule is CCN(CC)S(=O)(=O)c1ccc(CNC(=O)NCC(C)C)cc1. The molecular formula is C16H27N3O3S. The van der Waals surface area contributed by atoms with E-state index < -0.39 is 10.0 Å². The molecule has 0 aromatic heterocycles. The molecule has 0 saturated carbocycles. The summed E-state index contributed by atoms with van der Waals surface area (Å²) in [6, 6.07) is 6.38. The van der Waals surface area contributed by atoms with Gasteiger partial charge >= 0.3 is 6.03 Å². The van der Waals surface area contributed by atoms with Crippen molar-refractivity contribution in [2.75, 3.05) is 19.6 Å². The lowest BCUT2D eigenvalue weighted by Gasteiger charge is -2.18. The van der Waals surface area contributed by atoms with Gasteiger partial charge in [0.1, 0.15) is 0 Å². The van der Waals surface area contributed by atoms with Crippen molar-refractivity contribution < 1.29 is 13.2 Å². The first-order valence-electron chi connectivity index (χ1n) is 7.92. The highest BCUT2D eigenvalue weighted by Gasteiger charge is 2.21. The van der Waals surface area contributed by atoms with Crippen molar-refractivity contribution >= 4 is 16.1 Å². The van der Waals surface area contributed by atoms with E-state index in [1.165, 1.54) is 4.31 Å². The first-order chi connectivity index (χ1) is 10.8. The molecule has 0 unspecified atom stereocenters. The third-order valence-corrected chi connectivity index (χ3v) is 5.45. The van der Waals surface area contributed by atoms with Gasteiger partial charge in [0.25, 0.3) is 0 Å². The van der Waals surface area contributed by atoms with Gasteiger partial charge in [0.2, 0.25) is 10.0 Å². The average Bonchev–Trinajstić information content (AvgIpc) is 2.52. The number of nitrogens with one attached hydrogen (secondary N) is 2. The van der Waals surface area contributed by atoms with Crippen LogP contribution in [0.2, 0.25) is 0 Å². The Hall–Kier alpha value is -1.60. The lowest BCUT2D eigenvalue weighted by atomic mass is 10.2. The van der Waals surface area contributed by atoms with Crippen LogP contribution >= 0.6 is 0 Å². The predicted molar refractivity (Wildman–Crippen MR) is 91.6 cm³/mol. The molecule has 0 atom stereocenters. The molecule has 7 heteroatoms. The Morgan fingerprint density at radius 3 is 2.13 bits per heavy atom. The van der Waals surface area contributed by atoms with Gasteiger partial charge in [-0.1, -0.05) is 39.8 Å². The maximum absolute atomic E-state index is 12.4. The fourth-order valence-electron chi connectivity index (χ4n) is 2.03. The van der Waals surface area contributed by atoms with E-state index in [0.717, 1.165) is 5.56 Å². The van der Waals surface area contributed by atoms with E-state index in [1.54, 1.807) is 24.3 Å². The number of nitrogens with zero attached hydrogens (tertiary/aromatic N) is 1. The van der Waals surface area contributed by atoms with Gasteiger partial charge in [-0.15, -0.1) is 0 Å². The molecule has 0 fully saturated rings. The van der Waals surface area contributed by atoms with Crippen LogP contribution < -0.4 is 10.6 Å². The molecule has 1 aromatic carbocycles. The van der Waals surface area contributed by atoms with Crippen LogP contribution in [0, 0.1) is 5.92 Å². The Kier molecular flexibility index (Phi) is 7.51. The van der Waals surface area contributed by atoms with Gasteiger partial charge in [-0.3, -0.25) is 0 Å². The number of hydrogen-bond donors (Lipinski definition) is 2. The fraction of sp³-hybridized carbons (Fsp3) is 0.562. The summed E-state index contributed by atoms with van der Waals surface area (Å²) in [5.74, 6) is 0.394. The summed E-state index contributed by atoms with van der Waals surface area (Å²) >= 11 is 0. The standard InChI is InChI=1S/C16H27N3O3S/c1-5-19(6-2)23(21,22)15-9-7-14(8-10-15)12-18-16(20)17-11-13(3)4/h7-10,13H,5-6,11-12H2,1-4H3,(H2,17,18,20). The van der Waals surface area contributed by atoms with Crippen molar-refractivity contribution in [3.63, 3.8) is 0 Å². The lowest BCUT2D eigenvalue weighted by molar-refractivity contribution is 0.239. The van der Waals surface area contributed by atoms with E-state index in [1.807, 2.05) is 27.7 Å². The maximum Gasteiger partial charge on any atom is 0.315 e. The van der Waals surface area contributed by atoms with E-state index in [-0.39, 0.29) is 10.9 Å².